The minimum absolute atomic E-state index is 0.143. The van der Waals surface area contributed by atoms with Crippen LogP contribution in [0.1, 0.15) is 22.3 Å². The normalized spacial score (nSPS) is 11.2. The van der Waals surface area contributed by atoms with Crippen molar-refractivity contribution >= 4 is 11.8 Å². The SMILES string of the molecule is Cc1ccc(C(N)=NOC(=O)COc2ccc(C)c(C)c2)cc1. The number of oxime groups is 1. The van der Waals surface area contributed by atoms with Crippen LogP contribution in [0.3, 0.4) is 0 Å². The van der Waals surface area contributed by atoms with Crippen LogP contribution in [0.4, 0.5) is 0 Å². The molecule has 0 heterocycles. The Morgan fingerprint density at radius 2 is 1.74 bits per heavy atom. The second-order valence-corrected chi connectivity index (χ2v) is 5.34. The zero-order chi connectivity index (χ0) is 16.8. The topological polar surface area (TPSA) is 73.9 Å². The average molecular weight is 312 g/mol. The minimum Gasteiger partial charge on any atom is -0.482 e. The number of hydrogen-bond acceptors (Lipinski definition) is 4. The van der Waals surface area contributed by atoms with Crippen molar-refractivity contribution in [2.24, 2.45) is 10.9 Å². The van der Waals surface area contributed by atoms with E-state index in [9.17, 15) is 4.79 Å². The van der Waals surface area contributed by atoms with E-state index in [-0.39, 0.29) is 12.4 Å². The molecule has 0 unspecified atom stereocenters. The van der Waals surface area contributed by atoms with Gasteiger partial charge in [-0.2, -0.15) is 0 Å². The first kappa shape index (κ1) is 16.5. The molecule has 0 saturated carbocycles. The molecular formula is C18H20N2O3. The number of carbonyl (C=O) groups is 1. The molecule has 5 heteroatoms. The van der Waals surface area contributed by atoms with E-state index in [0.717, 1.165) is 16.7 Å². The zero-order valence-corrected chi connectivity index (χ0v) is 13.5. The monoisotopic (exact) mass is 312 g/mol. The van der Waals surface area contributed by atoms with E-state index >= 15 is 0 Å². The van der Waals surface area contributed by atoms with Crippen molar-refractivity contribution < 1.29 is 14.4 Å². The van der Waals surface area contributed by atoms with E-state index < -0.39 is 5.97 Å². The maximum atomic E-state index is 11.6. The molecule has 5 nitrogen and oxygen atoms in total. The number of ether oxygens (including phenoxy) is 1. The van der Waals surface area contributed by atoms with Crippen molar-refractivity contribution in [2.45, 2.75) is 20.8 Å². The second-order valence-electron chi connectivity index (χ2n) is 5.34. The molecule has 0 bridgehead atoms. The lowest BCUT2D eigenvalue weighted by atomic mass is 10.1. The van der Waals surface area contributed by atoms with Gasteiger partial charge in [0.25, 0.3) is 0 Å². The molecule has 0 spiro atoms. The highest BCUT2D eigenvalue weighted by Gasteiger charge is 2.06. The number of carbonyl (C=O) groups excluding carboxylic acids is 1. The van der Waals surface area contributed by atoms with Gasteiger partial charge < -0.3 is 15.3 Å². The Labute approximate surface area is 135 Å². The summed E-state index contributed by atoms with van der Waals surface area (Å²) in [5.41, 5.74) is 9.83. The Kier molecular flexibility index (Phi) is 5.36. The number of hydrogen-bond donors (Lipinski definition) is 1. The van der Waals surface area contributed by atoms with Crippen LogP contribution in [0.15, 0.2) is 47.6 Å². The van der Waals surface area contributed by atoms with Crippen molar-refractivity contribution in [3.8, 4) is 5.75 Å². The highest BCUT2D eigenvalue weighted by atomic mass is 16.7. The number of nitrogens with zero attached hydrogens (tertiary/aromatic N) is 1. The fourth-order valence-electron chi connectivity index (χ4n) is 1.85. The molecule has 2 rings (SSSR count). The van der Waals surface area contributed by atoms with Gasteiger partial charge in [0.2, 0.25) is 0 Å². The van der Waals surface area contributed by atoms with Crippen molar-refractivity contribution in [3.63, 3.8) is 0 Å². The third kappa shape index (κ3) is 4.85. The molecule has 0 aliphatic carbocycles. The van der Waals surface area contributed by atoms with Gasteiger partial charge in [-0.1, -0.05) is 41.1 Å². The first-order valence-corrected chi connectivity index (χ1v) is 7.26. The number of nitrogens with two attached hydrogens (primary N) is 1. The van der Waals surface area contributed by atoms with E-state index in [1.54, 1.807) is 6.07 Å². The minimum atomic E-state index is -0.613. The molecule has 0 fully saturated rings. The maximum Gasteiger partial charge on any atom is 0.372 e. The highest BCUT2D eigenvalue weighted by Crippen LogP contribution is 2.16. The van der Waals surface area contributed by atoms with Crippen LogP contribution >= 0.6 is 0 Å². The van der Waals surface area contributed by atoms with Gasteiger partial charge in [-0.25, -0.2) is 4.79 Å². The van der Waals surface area contributed by atoms with Crippen LogP contribution in [-0.2, 0) is 9.63 Å². The molecule has 0 amide bonds. The van der Waals surface area contributed by atoms with E-state index in [2.05, 4.69) is 5.16 Å². The van der Waals surface area contributed by atoms with Gasteiger partial charge in [0.05, 0.1) is 0 Å². The van der Waals surface area contributed by atoms with E-state index in [1.165, 1.54) is 0 Å². The summed E-state index contributed by atoms with van der Waals surface area (Å²) in [4.78, 5) is 16.4. The summed E-state index contributed by atoms with van der Waals surface area (Å²) in [6.45, 7) is 5.73. The molecule has 0 radical (unpaired) electrons. The van der Waals surface area contributed by atoms with Crippen LogP contribution in [0, 0.1) is 20.8 Å². The Balaban J connectivity index is 1.88. The molecule has 2 N–H and O–H groups in total. The Morgan fingerprint density at radius 3 is 2.39 bits per heavy atom. The van der Waals surface area contributed by atoms with Gasteiger partial charge in [-0.05, 0) is 44.0 Å². The zero-order valence-electron chi connectivity index (χ0n) is 13.5. The van der Waals surface area contributed by atoms with Crippen LogP contribution < -0.4 is 10.5 Å². The molecule has 23 heavy (non-hydrogen) atoms. The summed E-state index contributed by atoms with van der Waals surface area (Å²) < 4.78 is 5.37. The summed E-state index contributed by atoms with van der Waals surface area (Å²) in [5, 5.41) is 3.63. The maximum absolute atomic E-state index is 11.6. The molecule has 0 aromatic heterocycles. The van der Waals surface area contributed by atoms with Gasteiger partial charge in [0.1, 0.15) is 5.75 Å². The lowest BCUT2D eigenvalue weighted by Crippen LogP contribution is -2.18. The van der Waals surface area contributed by atoms with Crippen LogP contribution in [0.25, 0.3) is 0 Å². The molecule has 0 aliphatic rings. The van der Waals surface area contributed by atoms with E-state index in [4.69, 9.17) is 15.3 Å². The molecule has 120 valence electrons. The summed E-state index contributed by atoms with van der Waals surface area (Å²) in [7, 11) is 0. The first-order valence-electron chi connectivity index (χ1n) is 7.26. The predicted octanol–water partition coefficient (Wildman–Crippen LogP) is 2.85. The lowest BCUT2D eigenvalue weighted by Gasteiger charge is -2.07. The first-order chi connectivity index (χ1) is 11.0. The third-order valence-electron chi connectivity index (χ3n) is 3.43. The number of rotatable bonds is 5. The molecule has 0 aliphatic heterocycles. The van der Waals surface area contributed by atoms with Crippen molar-refractivity contribution in [1.29, 1.82) is 0 Å². The highest BCUT2D eigenvalue weighted by molar-refractivity contribution is 5.97. The summed E-state index contributed by atoms with van der Waals surface area (Å²) in [6.07, 6.45) is 0. The van der Waals surface area contributed by atoms with Crippen molar-refractivity contribution in [1.82, 2.24) is 0 Å². The van der Waals surface area contributed by atoms with Gasteiger partial charge in [0.15, 0.2) is 12.4 Å². The lowest BCUT2D eigenvalue weighted by molar-refractivity contribution is -0.146. The van der Waals surface area contributed by atoms with E-state index in [1.807, 2.05) is 57.2 Å². The van der Waals surface area contributed by atoms with Crippen LogP contribution in [0.2, 0.25) is 0 Å². The fourth-order valence-corrected chi connectivity index (χ4v) is 1.85. The Morgan fingerprint density at radius 1 is 1.04 bits per heavy atom. The number of amidine groups is 1. The number of aryl methyl sites for hydroxylation is 3. The molecule has 2 aromatic carbocycles. The quantitative estimate of drug-likeness (QED) is 0.399. The van der Waals surface area contributed by atoms with Crippen molar-refractivity contribution in [2.75, 3.05) is 6.61 Å². The standard InChI is InChI=1S/C18H20N2O3/c1-12-4-7-15(8-5-12)18(19)20-23-17(21)11-22-16-9-6-13(2)14(3)10-16/h4-10H,11H2,1-3H3,(H2,19,20). The third-order valence-corrected chi connectivity index (χ3v) is 3.43. The molecule has 0 atom stereocenters. The summed E-state index contributed by atoms with van der Waals surface area (Å²) >= 11 is 0. The molecule has 0 saturated heterocycles. The largest absolute Gasteiger partial charge is 0.482 e. The van der Waals surface area contributed by atoms with Gasteiger partial charge in [-0.3, -0.25) is 0 Å². The molecule has 2 aromatic rings. The smallest absolute Gasteiger partial charge is 0.372 e. The van der Waals surface area contributed by atoms with Crippen LogP contribution in [0.5, 0.6) is 5.75 Å². The fraction of sp³-hybridized carbons (Fsp3) is 0.222. The predicted molar refractivity (Wildman–Crippen MR) is 89.4 cm³/mol. The Bertz CT molecular complexity index is 722. The van der Waals surface area contributed by atoms with Crippen molar-refractivity contribution in [3.05, 3.63) is 64.7 Å². The molecular weight excluding hydrogens is 292 g/mol. The van der Waals surface area contributed by atoms with Gasteiger partial charge in [-0.15, -0.1) is 0 Å². The number of benzene rings is 2. The van der Waals surface area contributed by atoms with Gasteiger partial charge >= 0.3 is 5.97 Å². The summed E-state index contributed by atoms with van der Waals surface area (Å²) in [5.74, 6) is 0.142. The van der Waals surface area contributed by atoms with Crippen LogP contribution in [-0.4, -0.2) is 18.4 Å². The second kappa shape index (κ2) is 7.45. The van der Waals surface area contributed by atoms with E-state index in [0.29, 0.717) is 11.3 Å². The van der Waals surface area contributed by atoms with Gasteiger partial charge in [0, 0.05) is 5.56 Å². The summed E-state index contributed by atoms with van der Waals surface area (Å²) in [6, 6.07) is 13.0. The average Bonchev–Trinajstić information content (AvgIpc) is 2.54. The Hall–Kier alpha value is -2.82.